The summed E-state index contributed by atoms with van der Waals surface area (Å²) in [5.41, 5.74) is 0.463. The van der Waals surface area contributed by atoms with Crippen molar-refractivity contribution < 1.29 is 8.42 Å². The molecule has 2 aromatic rings. The van der Waals surface area contributed by atoms with Crippen molar-refractivity contribution in [2.24, 2.45) is 12.0 Å². The molecule has 4 rings (SSSR count). The van der Waals surface area contributed by atoms with Crippen molar-refractivity contribution in [2.45, 2.75) is 30.2 Å². The van der Waals surface area contributed by atoms with Crippen LogP contribution < -0.4 is 15.2 Å². The second-order valence-electron chi connectivity index (χ2n) is 6.79. The minimum Gasteiger partial charge on any atom is -0.350 e. The Bertz CT molecular complexity index is 1060. The first kappa shape index (κ1) is 17.7. The lowest BCUT2D eigenvalue weighted by molar-refractivity contribution is 0.458. The number of aromatic nitrogens is 2. The van der Waals surface area contributed by atoms with Gasteiger partial charge in [0.15, 0.2) is 0 Å². The summed E-state index contributed by atoms with van der Waals surface area (Å²) >= 11 is 0. The predicted octanol–water partition coefficient (Wildman–Crippen LogP) is 0.878. The molecule has 1 atom stereocenters. The van der Waals surface area contributed by atoms with Crippen LogP contribution in [0.25, 0.3) is 0 Å². The highest BCUT2D eigenvalue weighted by molar-refractivity contribution is 7.90. The molecule has 9 heteroatoms. The molecule has 1 unspecified atom stereocenters. The molecule has 1 aromatic carbocycles. The van der Waals surface area contributed by atoms with Crippen molar-refractivity contribution in [3.8, 4) is 0 Å². The highest BCUT2D eigenvalue weighted by atomic mass is 32.2. The second kappa shape index (κ2) is 6.80. The van der Waals surface area contributed by atoms with Crippen LogP contribution in [0.3, 0.4) is 0 Å². The number of amidine groups is 1. The Hall–Kier alpha value is -2.68. The number of aliphatic imine (C=N–C) groups is 1. The monoisotopic (exact) mass is 387 g/mol. The van der Waals surface area contributed by atoms with Crippen LogP contribution in [0.5, 0.6) is 0 Å². The summed E-state index contributed by atoms with van der Waals surface area (Å²) in [6.07, 6.45) is 3.07. The van der Waals surface area contributed by atoms with Crippen molar-refractivity contribution in [3.05, 3.63) is 52.3 Å². The molecule has 8 nitrogen and oxygen atoms in total. The minimum absolute atomic E-state index is 0.105. The Balaban J connectivity index is 1.60. The molecule has 0 aliphatic carbocycles. The molecule has 0 saturated carbocycles. The largest absolute Gasteiger partial charge is 0.350 e. The van der Waals surface area contributed by atoms with E-state index in [0.29, 0.717) is 17.9 Å². The quantitative estimate of drug-likeness (QED) is 0.843. The zero-order valence-electron chi connectivity index (χ0n) is 15.0. The number of nitrogens with one attached hydrogen (secondary N) is 1. The molecule has 1 fully saturated rings. The standard InChI is InChI=1S/C18H21N5O3S/c1-22-17(24)10-9-16(20-22)23-11-5-4-6-13(23)12-19-18-14-7-2-3-8-15(14)27(25,26)21-18/h2-3,7-10,13H,4-6,11-12H2,1H3,(H,19,21). The third-order valence-electron chi connectivity index (χ3n) is 4.99. The number of fused-ring (bicyclic) bond motifs is 1. The third-order valence-corrected chi connectivity index (χ3v) is 6.39. The van der Waals surface area contributed by atoms with Crippen molar-refractivity contribution >= 4 is 21.7 Å². The average Bonchev–Trinajstić information content (AvgIpc) is 2.93. The molecule has 142 valence electrons. The van der Waals surface area contributed by atoms with E-state index in [1.54, 1.807) is 37.4 Å². The molecule has 1 N–H and O–H groups in total. The van der Waals surface area contributed by atoms with E-state index in [2.05, 4.69) is 19.7 Å². The molecule has 1 saturated heterocycles. The summed E-state index contributed by atoms with van der Waals surface area (Å²) in [7, 11) is -1.89. The lowest BCUT2D eigenvalue weighted by atomic mass is 10.0. The first-order chi connectivity index (χ1) is 13.0. The third kappa shape index (κ3) is 3.34. The highest BCUT2D eigenvalue weighted by Gasteiger charge is 2.31. The van der Waals surface area contributed by atoms with Gasteiger partial charge in [-0.2, -0.15) is 5.10 Å². The first-order valence-electron chi connectivity index (χ1n) is 8.93. The van der Waals surface area contributed by atoms with Gasteiger partial charge in [-0.25, -0.2) is 13.1 Å². The Morgan fingerprint density at radius 1 is 1.22 bits per heavy atom. The molecular formula is C18H21N5O3S. The number of rotatable bonds is 3. The summed E-state index contributed by atoms with van der Waals surface area (Å²) in [5, 5.41) is 4.36. The number of anilines is 1. The Morgan fingerprint density at radius 3 is 2.85 bits per heavy atom. The minimum atomic E-state index is -3.53. The van der Waals surface area contributed by atoms with E-state index >= 15 is 0 Å². The normalized spacial score (nSPS) is 22.5. The van der Waals surface area contributed by atoms with Gasteiger partial charge in [0.2, 0.25) is 0 Å². The van der Waals surface area contributed by atoms with E-state index in [9.17, 15) is 13.2 Å². The van der Waals surface area contributed by atoms with Gasteiger partial charge in [-0.3, -0.25) is 14.5 Å². The molecule has 3 heterocycles. The number of hydrogen-bond donors (Lipinski definition) is 1. The van der Waals surface area contributed by atoms with Crippen LogP contribution in [0.15, 0.2) is 51.1 Å². The zero-order valence-corrected chi connectivity index (χ0v) is 15.8. The first-order valence-corrected chi connectivity index (χ1v) is 10.4. The van der Waals surface area contributed by atoms with Crippen molar-refractivity contribution in [2.75, 3.05) is 18.0 Å². The van der Waals surface area contributed by atoms with Crippen molar-refractivity contribution in [1.82, 2.24) is 14.5 Å². The predicted molar refractivity (Wildman–Crippen MR) is 103 cm³/mol. The fourth-order valence-corrected chi connectivity index (χ4v) is 4.83. The summed E-state index contributed by atoms with van der Waals surface area (Å²) < 4.78 is 28.3. The number of sulfonamides is 1. The van der Waals surface area contributed by atoms with Crippen LogP contribution in [-0.4, -0.2) is 43.2 Å². The molecule has 0 bridgehead atoms. The Kier molecular flexibility index (Phi) is 4.47. The van der Waals surface area contributed by atoms with Crippen molar-refractivity contribution in [3.63, 3.8) is 0 Å². The van der Waals surface area contributed by atoms with Gasteiger partial charge in [0.25, 0.3) is 15.6 Å². The molecule has 0 radical (unpaired) electrons. The summed E-state index contributed by atoms with van der Waals surface area (Å²) in [6.45, 7) is 1.29. The lowest BCUT2D eigenvalue weighted by Gasteiger charge is -2.35. The van der Waals surface area contributed by atoms with Crippen LogP contribution >= 0.6 is 0 Å². The molecule has 0 amide bonds. The average molecular weight is 387 g/mol. The van der Waals surface area contributed by atoms with Gasteiger partial charge in [0, 0.05) is 25.2 Å². The van der Waals surface area contributed by atoms with Crippen LogP contribution in [0.4, 0.5) is 5.82 Å². The zero-order chi connectivity index (χ0) is 19.0. The SMILES string of the molecule is Cn1nc(N2CCCCC2CN=C2NS(=O)(=O)c3ccccc32)ccc1=O. The molecule has 1 aromatic heterocycles. The maximum absolute atomic E-state index is 12.2. The highest BCUT2D eigenvalue weighted by Crippen LogP contribution is 2.25. The van der Waals surface area contributed by atoms with Crippen molar-refractivity contribution in [1.29, 1.82) is 0 Å². The number of hydrogen-bond acceptors (Lipinski definition) is 6. The van der Waals surface area contributed by atoms with E-state index in [-0.39, 0.29) is 16.5 Å². The van der Waals surface area contributed by atoms with Gasteiger partial charge in [-0.15, -0.1) is 0 Å². The van der Waals surface area contributed by atoms with Crippen LogP contribution in [0, 0.1) is 0 Å². The summed E-state index contributed by atoms with van der Waals surface area (Å²) in [4.78, 5) is 18.6. The second-order valence-corrected chi connectivity index (χ2v) is 8.44. The van der Waals surface area contributed by atoms with Gasteiger partial charge in [0.05, 0.1) is 17.5 Å². The maximum Gasteiger partial charge on any atom is 0.266 e. The van der Waals surface area contributed by atoms with Crippen LogP contribution in [0.1, 0.15) is 24.8 Å². The number of benzene rings is 1. The summed E-state index contributed by atoms with van der Waals surface area (Å²) in [5.74, 6) is 1.14. The van der Waals surface area contributed by atoms with Gasteiger partial charge in [-0.05, 0) is 37.5 Å². The molecule has 2 aliphatic heterocycles. The van der Waals surface area contributed by atoms with E-state index in [0.717, 1.165) is 31.6 Å². The molecule has 27 heavy (non-hydrogen) atoms. The Morgan fingerprint density at radius 2 is 2.04 bits per heavy atom. The van der Waals surface area contributed by atoms with E-state index in [1.807, 2.05) is 0 Å². The van der Waals surface area contributed by atoms with E-state index in [1.165, 1.54) is 10.7 Å². The number of nitrogens with zero attached hydrogens (tertiary/aromatic N) is 4. The van der Waals surface area contributed by atoms with Gasteiger partial charge in [0.1, 0.15) is 11.7 Å². The Labute approximate surface area is 157 Å². The number of piperidine rings is 1. The van der Waals surface area contributed by atoms with Gasteiger partial charge < -0.3 is 4.90 Å². The maximum atomic E-state index is 12.2. The van der Waals surface area contributed by atoms with Gasteiger partial charge in [-0.1, -0.05) is 12.1 Å². The fraction of sp³-hybridized carbons (Fsp3) is 0.389. The molecular weight excluding hydrogens is 366 g/mol. The summed E-state index contributed by atoms with van der Waals surface area (Å²) in [6, 6.07) is 10.2. The molecule has 2 aliphatic rings. The number of aryl methyl sites for hydroxylation is 1. The topological polar surface area (TPSA) is 96.7 Å². The van der Waals surface area contributed by atoms with Crippen LogP contribution in [-0.2, 0) is 17.1 Å². The smallest absolute Gasteiger partial charge is 0.266 e. The fourth-order valence-electron chi connectivity index (χ4n) is 3.58. The van der Waals surface area contributed by atoms with E-state index < -0.39 is 10.0 Å². The van der Waals surface area contributed by atoms with Crippen LogP contribution in [0.2, 0.25) is 0 Å². The van der Waals surface area contributed by atoms with Gasteiger partial charge >= 0.3 is 0 Å². The molecule has 0 spiro atoms. The van der Waals surface area contributed by atoms with E-state index in [4.69, 9.17) is 0 Å². The lowest BCUT2D eigenvalue weighted by Crippen LogP contribution is -2.43.